The van der Waals surface area contributed by atoms with Crippen LogP contribution in [0, 0.1) is 0 Å². The van der Waals surface area contributed by atoms with Crippen LogP contribution in [0.3, 0.4) is 0 Å². The minimum absolute atomic E-state index is 0.180. The van der Waals surface area contributed by atoms with E-state index in [0.717, 1.165) is 28.3 Å². The number of hydrogen-bond acceptors (Lipinski definition) is 3. The van der Waals surface area contributed by atoms with Crippen molar-refractivity contribution in [2.45, 2.75) is 20.0 Å². The van der Waals surface area contributed by atoms with E-state index in [1.807, 2.05) is 67.0 Å². The number of rotatable bonds is 3. The van der Waals surface area contributed by atoms with Crippen LogP contribution in [0.25, 0.3) is 16.9 Å². The van der Waals surface area contributed by atoms with E-state index in [9.17, 15) is 0 Å². The van der Waals surface area contributed by atoms with Crippen LogP contribution < -0.4 is 10.5 Å². The third-order valence-corrected chi connectivity index (χ3v) is 3.01. The quantitative estimate of drug-likeness (QED) is 0.791. The average Bonchev–Trinajstić information content (AvgIpc) is 2.81. The number of nitrogen functional groups attached to an aromatic ring is 1. The van der Waals surface area contributed by atoms with Gasteiger partial charge in [0.05, 0.1) is 11.8 Å². The molecule has 0 amide bonds. The third kappa shape index (κ3) is 2.45. The van der Waals surface area contributed by atoms with Crippen molar-refractivity contribution in [1.82, 2.24) is 9.38 Å². The highest BCUT2D eigenvalue weighted by Crippen LogP contribution is 2.23. The fourth-order valence-corrected chi connectivity index (χ4v) is 2.11. The Morgan fingerprint density at radius 3 is 2.60 bits per heavy atom. The van der Waals surface area contributed by atoms with E-state index in [1.165, 1.54) is 0 Å². The van der Waals surface area contributed by atoms with Crippen LogP contribution in [0.4, 0.5) is 5.69 Å². The number of nitrogens with zero attached hydrogens (tertiary/aromatic N) is 2. The summed E-state index contributed by atoms with van der Waals surface area (Å²) in [6.07, 6.45) is 4.09. The smallest absolute Gasteiger partial charge is 0.139 e. The van der Waals surface area contributed by atoms with Gasteiger partial charge in [0.1, 0.15) is 11.4 Å². The lowest BCUT2D eigenvalue weighted by atomic mass is 10.1. The second-order valence-electron chi connectivity index (χ2n) is 5.04. The Labute approximate surface area is 117 Å². The van der Waals surface area contributed by atoms with Crippen LogP contribution in [0.5, 0.6) is 5.75 Å². The maximum absolute atomic E-state index is 5.77. The Balaban J connectivity index is 1.94. The molecule has 2 aromatic heterocycles. The average molecular weight is 267 g/mol. The minimum atomic E-state index is 0.180. The molecular formula is C16H17N3O. The molecule has 4 nitrogen and oxygen atoms in total. The van der Waals surface area contributed by atoms with Gasteiger partial charge in [-0.3, -0.25) is 0 Å². The van der Waals surface area contributed by atoms with E-state index in [-0.39, 0.29) is 6.10 Å². The summed E-state index contributed by atoms with van der Waals surface area (Å²) in [5.74, 6) is 0.872. The number of nitrogens with two attached hydrogens (primary N) is 1. The van der Waals surface area contributed by atoms with Gasteiger partial charge in [-0.2, -0.15) is 0 Å². The standard InChI is InChI=1S/C16H17N3O/c1-11(2)20-14-5-3-12(4-6-14)15-10-19-8-7-13(17)9-16(19)18-15/h3-11H,17H2,1-2H3. The van der Waals surface area contributed by atoms with Gasteiger partial charge in [-0.15, -0.1) is 0 Å². The number of pyridine rings is 1. The van der Waals surface area contributed by atoms with E-state index >= 15 is 0 Å². The lowest BCUT2D eigenvalue weighted by Crippen LogP contribution is -2.05. The first-order valence-corrected chi connectivity index (χ1v) is 6.63. The number of benzene rings is 1. The fourth-order valence-electron chi connectivity index (χ4n) is 2.11. The highest BCUT2D eigenvalue weighted by Gasteiger charge is 2.05. The Morgan fingerprint density at radius 1 is 1.15 bits per heavy atom. The SMILES string of the molecule is CC(C)Oc1ccc(-c2cn3ccc(N)cc3n2)cc1. The Hall–Kier alpha value is -2.49. The first-order valence-electron chi connectivity index (χ1n) is 6.63. The first-order chi connectivity index (χ1) is 9.61. The van der Waals surface area contributed by atoms with Crippen molar-refractivity contribution in [3.05, 3.63) is 48.8 Å². The number of fused-ring (bicyclic) bond motifs is 1. The fraction of sp³-hybridized carbons (Fsp3) is 0.188. The maximum atomic E-state index is 5.77. The summed E-state index contributed by atoms with van der Waals surface area (Å²) in [4.78, 5) is 4.58. The van der Waals surface area contributed by atoms with Crippen LogP contribution in [0.1, 0.15) is 13.8 Å². The molecule has 0 saturated carbocycles. The normalized spacial score (nSPS) is 11.2. The van der Waals surface area contributed by atoms with E-state index in [2.05, 4.69) is 4.98 Å². The molecule has 0 atom stereocenters. The molecule has 20 heavy (non-hydrogen) atoms. The number of hydrogen-bond donors (Lipinski definition) is 1. The van der Waals surface area contributed by atoms with Gasteiger partial charge in [0.2, 0.25) is 0 Å². The topological polar surface area (TPSA) is 52.5 Å². The predicted octanol–water partition coefficient (Wildman–Crippen LogP) is 3.37. The summed E-state index contributed by atoms with van der Waals surface area (Å²) in [5.41, 5.74) is 9.32. The Kier molecular flexibility index (Phi) is 3.06. The van der Waals surface area contributed by atoms with Crippen LogP contribution in [0.15, 0.2) is 48.8 Å². The molecule has 0 aliphatic rings. The zero-order valence-corrected chi connectivity index (χ0v) is 11.6. The lowest BCUT2D eigenvalue weighted by molar-refractivity contribution is 0.242. The van der Waals surface area contributed by atoms with Crippen LogP contribution in [-0.2, 0) is 0 Å². The van der Waals surface area contributed by atoms with Crippen molar-refractivity contribution >= 4 is 11.3 Å². The minimum Gasteiger partial charge on any atom is -0.491 e. The number of ether oxygens (including phenoxy) is 1. The van der Waals surface area contributed by atoms with E-state index in [1.54, 1.807) is 0 Å². The summed E-state index contributed by atoms with van der Waals surface area (Å²) >= 11 is 0. The van der Waals surface area contributed by atoms with Crippen molar-refractivity contribution in [3.63, 3.8) is 0 Å². The van der Waals surface area contributed by atoms with Crippen LogP contribution >= 0.6 is 0 Å². The van der Waals surface area contributed by atoms with Crippen molar-refractivity contribution in [1.29, 1.82) is 0 Å². The van der Waals surface area contributed by atoms with Gasteiger partial charge in [-0.05, 0) is 44.2 Å². The Bertz CT molecular complexity index is 729. The largest absolute Gasteiger partial charge is 0.491 e. The molecule has 0 aliphatic heterocycles. The van der Waals surface area contributed by atoms with Crippen molar-refractivity contribution in [2.24, 2.45) is 0 Å². The molecule has 2 N–H and O–H groups in total. The predicted molar refractivity (Wildman–Crippen MR) is 80.8 cm³/mol. The van der Waals surface area contributed by atoms with Crippen molar-refractivity contribution in [2.75, 3.05) is 5.73 Å². The van der Waals surface area contributed by atoms with Gasteiger partial charge in [-0.1, -0.05) is 0 Å². The molecule has 2 heterocycles. The molecule has 0 saturated heterocycles. The highest BCUT2D eigenvalue weighted by atomic mass is 16.5. The molecule has 0 bridgehead atoms. The van der Waals surface area contributed by atoms with Gasteiger partial charge in [0, 0.05) is 29.7 Å². The highest BCUT2D eigenvalue weighted by molar-refractivity contribution is 5.65. The molecule has 0 unspecified atom stereocenters. The zero-order chi connectivity index (χ0) is 14.1. The summed E-state index contributed by atoms with van der Waals surface area (Å²) in [5, 5.41) is 0. The summed E-state index contributed by atoms with van der Waals surface area (Å²) in [7, 11) is 0. The molecule has 0 fully saturated rings. The molecule has 3 aromatic rings. The molecule has 102 valence electrons. The number of anilines is 1. The van der Waals surface area contributed by atoms with E-state index in [4.69, 9.17) is 10.5 Å². The third-order valence-electron chi connectivity index (χ3n) is 3.01. The summed E-state index contributed by atoms with van der Waals surface area (Å²) < 4.78 is 7.60. The van der Waals surface area contributed by atoms with E-state index in [0.29, 0.717) is 0 Å². The molecule has 4 heteroatoms. The lowest BCUT2D eigenvalue weighted by Gasteiger charge is -2.09. The second kappa shape index (κ2) is 4.89. The first kappa shape index (κ1) is 12.5. The molecular weight excluding hydrogens is 250 g/mol. The number of aromatic nitrogens is 2. The van der Waals surface area contributed by atoms with Gasteiger partial charge in [-0.25, -0.2) is 4.98 Å². The van der Waals surface area contributed by atoms with Crippen LogP contribution in [-0.4, -0.2) is 15.5 Å². The molecule has 3 rings (SSSR count). The summed E-state index contributed by atoms with van der Waals surface area (Å²) in [6, 6.07) is 11.7. The number of imidazole rings is 1. The van der Waals surface area contributed by atoms with Crippen molar-refractivity contribution < 1.29 is 4.74 Å². The van der Waals surface area contributed by atoms with Gasteiger partial charge >= 0.3 is 0 Å². The Morgan fingerprint density at radius 2 is 1.90 bits per heavy atom. The summed E-state index contributed by atoms with van der Waals surface area (Å²) in [6.45, 7) is 4.03. The van der Waals surface area contributed by atoms with Gasteiger partial charge in [0.25, 0.3) is 0 Å². The van der Waals surface area contributed by atoms with Gasteiger partial charge in [0.15, 0.2) is 0 Å². The van der Waals surface area contributed by atoms with Gasteiger partial charge < -0.3 is 14.9 Å². The molecule has 1 aromatic carbocycles. The second-order valence-corrected chi connectivity index (χ2v) is 5.04. The van der Waals surface area contributed by atoms with Crippen LogP contribution in [0.2, 0.25) is 0 Å². The van der Waals surface area contributed by atoms with Crippen molar-refractivity contribution in [3.8, 4) is 17.0 Å². The molecule has 0 aliphatic carbocycles. The molecule has 0 spiro atoms. The zero-order valence-electron chi connectivity index (χ0n) is 11.6. The maximum Gasteiger partial charge on any atom is 0.139 e. The monoisotopic (exact) mass is 267 g/mol. The van der Waals surface area contributed by atoms with E-state index < -0.39 is 0 Å². The molecule has 0 radical (unpaired) electrons.